The number of fused-ring (bicyclic) bond motifs is 1. The molecule has 0 bridgehead atoms. The first-order valence-electron chi connectivity index (χ1n) is 8.66. The third-order valence-corrected chi connectivity index (χ3v) is 4.94. The third kappa shape index (κ3) is 2.92. The number of nitrogens with zero attached hydrogens (tertiary/aromatic N) is 4. The maximum atomic E-state index is 13.4. The zero-order valence-electron chi connectivity index (χ0n) is 14.2. The van der Waals surface area contributed by atoms with Crippen molar-refractivity contribution in [3.05, 3.63) is 53.4 Å². The van der Waals surface area contributed by atoms with Crippen molar-refractivity contribution in [1.82, 2.24) is 19.4 Å². The van der Waals surface area contributed by atoms with Crippen molar-refractivity contribution in [3.63, 3.8) is 0 Å². The summed E-state index contributed by atoms with van der Waals surface area (Å²) in [7, 11) is 0. The number of nitrogens with one attached hydrogen (secondary N) is 1. The van der Waals surface area contributed by atoms with E-state index in [9.17, 15) is 9.65 Å². The molecule has 2 aromatic heterocycles. The highest BCUT2D eigenvalue weighted by atomic mass is 19.1. The molecule has 5 nitrogen and oxygen atoms in total. The number of rotatable bonds is 4. The maximum absolute atomic E-state index is 13.4. The Morgan fingerprint density at radius 1 is 1.40 bits per heavy atom. The largest absolute Gasteiger partial charge is 0.341 e. The second-order valence-corrected chi connectivity index (χ2v) is 6.54. The Hall–Kier alpha value is -2.65. The Labute approximate surface area is 145 Å². The van der Waals surface area contributed by atoms with E-state index in [1.54, 1.807) is 6.07 Å². The molecule has 0 unspecified atom stereocenters. The van der Waals surface area contributed by atoms with Gasteiger partial charge in [-0.3, -0.25) is 4.90 Å². The Morgan fingerprint density at radius 3 is 3.04 bits per heavy atom. The van der Waals surface area contributed by atoms with Gasteiger partial charge in [-0.05, 0) is 56.1 Å². The summed E-state index contributed by atoms with van der Waals surface area (Å²) in [6.45, 7) is 4.62. The van der Waals surface area contributed by atoms with Crippen LogP contribution in [-0.2, 0) is 13.1 Å². The highest BCUT2D eigenvalue weighted by Gasteiger charge is 2.29. The molecule has 0 amide bonds. The average Bonchev–Trinajstić information content (AvgIpc) is 3.31. The minimum absolute atomic E-state index is 0.200. The fourth-order valence-corrected chi connectivity index (χ4v) is 3.73. The molecular weight excluding hydrogens is 317 g/mol. The van der Waals surface area contributed by atoms with Crippen molar-refractivity contribution in [2.24, 2.45) is 0 Å². The van der Waals surface area contributed by atoms with Crippen molar-refractivity contribution in [2.45, 2.75) is 38.9 Å². The number of H-pyrrole nitrogens is 1. The number of hydrogen-bond acceptors (Lipinski definition) is 3. The van der Waals surface area contributed by atoms with Crippen LogP contribution in [0.2, 0.25) is 0 Å². The van der Waals surface area contributed by atoms with E-state index in [1.807, 2.05) is 17.6 Å². The smallest absolute Gasteiger partial charge is 0.125 e. The van der Waals surface area contributed by atoms with Crippen molar-refractivity contribution >= 4 is 11.0 Å². The average molecular weight is 337 g/mol. The Bertz CT molecular complexity index is 949. The molecule has 4 rings (SSSR count). The number of aromatic nitrogens is 3. The van der Waals surface area contributed by atoms with Crippen LogP contribution in [0.5, 0.6) is 0 Å². The molecule has 1 aliphatic rings. The predicted octanol–water partition coefficient (Wildman–Crippen LogP) is 3.73. The molecule has 1 aliphatic heterocycles. The second-order valence-electron chi connectivity index (χ2n) is 6.54. The molecule has 6 heteroatoms. The van der Waals surface area contributed by atoms with Crippen LogP contribution >= 0.6 is 0 Å². The van der Waals surface area contributed by atoms with Gasteiger partial charge in [0.1, 0.15) is 23.4 Å². The van der Waals surface area contributed by atoms with Crippen molar-refractivity contribution in [3.8, 4) is 6.07 Å². The lowest BCUT2D eigenvalue weighted by Crippen LogP contribution is -2.23. The lowest BCUT2D eigenvalue weighted by atomic mass is 10.2. The molecule has 1 fully saturated rings. The lowest BCUT2D eigenvalue weighted by molar-refractivity contribution is 0.241. The Balaban J connectivity index is 1.59. The molecule has 1 atom stereocenters. The van der Waals surface area contributed by atoms with E-state index >= 15 is 0 Å². The first-order chi connectivity index (χ1) is 12.2. The summed E-state index contributed by atoms with van der Waals surface area (Å²) < 4.78 is 15.4. The molecule has 1 N–H and O–H groups in total. The number of benzene rings is 1. The van der Waals surface area contributed by atoms with Crippen molar-refractivity contribution in [1.29, 1.82) is 5.26 Å². The Morgan fingerprint density at radius 2 is 2.28 bits per heavy atom. The molecular formula is C19H20FN5. The topological polar surface area (TPSA) is 60.6 Å². The number of imidazole rings is 1. The van der Waals surface area contributed by atoms with Crippen molar-refractivity contribution in [2.75, 3.05) is 6.54 Å². The summed E-state index contributed by atoms with van der Waals surface area (Å²) in [5, 5.41) is 9.23. The summed E-state index contributed by atoms with van der Waals surface area (Å²) >= 11 is 0. The van der Waals surface area contributed by atoms with E-state index in [4.69, 9.17) is 0 Å². The van der Waals surface area contributed by atoms with Crippen LogP contribution < -0.4 is 0 Å². The van der Waals surface area contributed by atoms with E-state index < -0.39 is 0 Å². The fraction of sp³-hybridized carbons (Fsp3) is 0.368. The fourth-order valence-electron chi connectivity index (χ4n) is 3.73. The van der Waals surface area contributed by atoms with Crippen LogP contribution in [0.3, 0.4) is 0 Å². The number of nitriles is 1. The van der Waals surface area contributed by atoms with Crippen LogP contribution in [0.1, 0.15) is 42.9 Å². The summed E-state index contributed by atoms with van der Waals surface area (Å²) in [6, 6.07) is 9.06. The minimum atomic E-state index is -0.254. The molecule has 3 aromatic rings. The van der Waals surface area contributed by atoms with Gasteiger partial charge in [0.15, 0.2) is 0 Å². The van der Waals surface area contributed by atoms with Gasteiger partial charge < -0.3 is 9.55 Å². The van der Waals surface area contributed by atoms with Gasteiger partial charge in [-0.25, -0.2) is 9.37 Å². The van der Waals surface area contributed by atoms with Crippen LogP contribution in [0.25, 0.3) is 11.0 Å². The van der Waals surface area contributed by atoms with E-state index in [-0.39, 0.29) is 11.9 Å². The highest BCUT2D eigenvalue weighted by Crippen LogP contribution is 2.33. The predicted molar refractivity (Wildman–Crippen MR) is 93.3 cm³/mol. The van der Waals surface area contributed by atoms with Gasteiger partial charge in [-0.2, -0.15) is 5.26 Å². The number of aromatic amines is 1. The molecule has 128 valence electrons. The first-order valence-corrected chi connectivity index (χ1v) is 8.66. The summed E-state index contributed by atoms with van der Waals surface area (Å²) in [5.74, 6) is 0.643. The summed E-state index contributed by atoms with van der Waals surface area (Å²) in [4.78, 5) is 10.3. The molecule has 0 saturated carbocycles. The summed E-state index contributed by atoms with van der Waals surface area (Å²) in [5.41, 5.74) is 3.39. The molecule has 1 saturated heterocycles. The van der Waals surface area contributed by atoms with Crippen LogP contribution in [0.4, 0.5) is 4.39 Å². The van der Waals surface area contributed by atoms with E-state index in [2.05, 4.69) is 27.1 Å². The standard InChI is InChI=1S/C19H20FN5/c1-2-24-11-13(8-15(24)10-21)12-25-7-3-4-18(25)19-22-16-6-5-14(20)9-17(16)23-19/h5-6,8-9,11,18H,2-4,7,12H2,1H3,(H,22,23)/t18-/m1/s1. The zero-order valence-corrected chi connectivity index (χ0v) is 14.2. The van der Waals surface area contributed by atoms with Gasteiger partial charge in [0.25, 0.3) is 0 Å². The monoisotopic (exact) mass is 337 g/mol. The second kappa shape index (κ2) is 6.34. The third-order valence-electron chi connectivity index (χ3n) is 4.94. The number of likely N-dealkylation sites (tertiary alicyclic amines) is 1. The van der Waals surface area contributed by atoms with E-state index in [1.165, 1.54) is 12.1 Å². The van der Waals surface area contributed by atoms with Gasteiger partial charge in [-0.15, -0.1) is 0 Å². The number of halogens is 1. The first kappa shape index (κ1) is 15.9. The van der Waals surface area contributed by atoms with E-state index in [0.29, 0.717) is 5.69 Å². The van der Waals surface area contributed by atoms with Crippen LogP contribution in [0.15, 0.2) is 30.5 Å². The lowest BCUT2D eigenvalue weighted by Gasteiger charge is -2.22. The van der Waals surface area contributed by atoms with Crippen LogP contribution in [0, 0.1) is 17.1 Å². The van der Waals surface area contributed by atoms with Gasteiger partial charge in [0.2, 0.25) is 0 Å². The molecule has 0 radical (unpaired) electrons. The maximum Gasteiger partial charge on any atom is 0.125 e. The van der Waals surface area contributed by atoms with Gasteiger partial charge >= 0.3 is 0 Å². The van der Waals surface area contributed by atoms with Gasteiger partial charge in [0.05, 0.1) is 17.1 Å². The highest BCUT2D eigenvalue weighted by molar-refractivity contribution is 5.75. The minimum Gasteiger partial charge on any atom is -0.341 e. The number of hydrogen-bond donors (Lipinski definition) is 1. The zero-order chi connectivity index (χ0) is 17.4. The van der Waals surface area contributed by atoms with E-state index in [0.717, 1.165) is 54.9 Å². The Kier molecular flexibility index (Phi) is 4.02. The molecule has 25 heavy (non-hydrogen) atoms. The molecule has 1 aromatic carbocycles. The van der Waals surface area contributed by atoms with Crippen LogP contribution in [-0.4, -0.2) is 26.0 Å². The summed E-state index contributed by atoms with van der Waals surface area (Å²) in [6.07, 6.45) is 4.19. The quantitative estimate of drug-likeness (QED) is 0.789. The van der Waals surface area contributed by atoms with Gasteiger partial charge in [-0.1, -0.05) is 0 Å². The molecule has 3 heterocycles. The SMILES string of the molecule is CCn1cc(CN2CCC[C@@H]2c2nc3ccc(F)cc3[nH]2)cc1C#N. The van der Waals surface area contributed by atoms with Crippen molar-refractivity contribution < 1.29 is 4.39 Å². The molecule has 0 spiro atoms. The number of aryl methyl sites for hydroxylation is 1. The molecule has 0 aliphatic carbocycles. The van der Waals surface area contributed by atoms with Gasteiger partial charge in [0, 0.05) is 19.3 Å². The normalized spacial score (nSPS) is 18.0.